The van der Waals surface area contributed by atoms with E-state index in [0.29, 0.717) is 22.8 Å². The van der Waals surface area contributed by atoms with Crippen LogP contribution in [0.2, 0.25) is 5.15 Å². The smallest absolute Gasteiger partial charge is 0.174 e. The Morgan fingerprint density at radius 1 is 1.44 bits per heavy atom. The molecule has 16 heavy (non-hydrogen) atoms. The summed E-state index contributed by atoms with van der Waals surface area (Å²) in [6, 6.07) is 4.52. The van der Waals surface area contributed by atoms with E-state index in [1.54, 1.807) is 13.0 Å². The Morgan fingerprint density at radius 3 is 2.69 bits per heavy atom. The lowest BCUT2D eigenvalue weighted by molar-refractivity contribution is 0.112. The van der Waals surface area contributed by atoms with Crippen LogP contribution in [0.3, 0.4) is 0 Å². The van der Waals surface area contributed by atoms with Crippen LogP contribution in [0, 0.1) is 6.92 Å². The van der Waals surface area contributed by atoms with Gasteiger partial charge in [0, 0.05) is 6.07 Å². The van der Waals surface area contributed by atoms with Crippen molar-refractivity contribution in [3.8, 4) is 11.4 Å². The highest BCUT2D eigenvalue weighted by atomic mass is 35.5. The third-order valence-corrected chi connectivity index (χ3v) is 2.45. The molecule has 0 saturated heterocycles. The van der Waals surface area contributed by atoms with Crippen LogP contribution in [0.25, 0.3) is 5.69 Å². The van der Waals surface area contributed by atoms with Gasteiger partial charge in [0.2, 0.25) is 0 Å². The molecule has 5 nitrogen and oxygen atoms in total. The van der Waals surface area contributed by atoms with E-state index in [9.17, 15) is 9.90 Å². The summed E-state index contributed by atoms with van der Waals surface area (Å²) in [5.41, 5.74) is 1.36. The van der Waals surface area contributed by atoms with Crippen LogP contribution in [0.15, 0.2) is 18.2 Å². The molecule has 82 valence electrons. The van der Waals surface area contributed by atoms with Crippen molar-refractivity contribution in [3.05, 3.63) is 34.6 Å². The van der Waals surface area contributed by atoms with Crippen molar-refractivity contribution in [2.45, 2.75) is 6.92 Å². The number of carbonyl (C=O) groups is 1. The lowest BCUT2D eigenvalue weighted by atomic mass is 10.2. The van der Waals surface area contributed by atoms with Crippen LogP contribution >= 0.6 is 11.6 Å². The van der Waals surface area contributed by atoms with Gasteiger partial charge in [-0.3, -0.25) is 4.79 Å². The first-order valence-electron chi connectivity index (χ1n) is 4.50. The maximum atomic E-state index is 10.5. The lowest BCUT2D eigenvalue weighted by Crippen LogP contribution is -1.99. The van der Waals surface area contributed by atoms with Crippen molar-refractivity contribution in [2.75, 3.05) is 0 Å². The van der Waals surface area contributed by atoms with Crippen LogP contribution < -0.4 is 0 Å². The number of aromatic hydroxyl groups is 1. The van der Waals surface area contributed by atoms with Gasteiger partial charge in [-0.05, 0) is 19.1 Å². The highest BCUT2D eigenvalue weighted by molar-refractivity contribution is 6.29. The van der Waals surface area contributed by atoms with Gasteiger partial charge in [-0.15, -0.1) is 9.90 Å². The molecule has 6 heteroatoms. The minimum absolute atomic E-state index is 0.112. The lowest BCUT2D eigenvalue weighted by Gasteiger charge is -2.01. The Morgan fingerprint density at radius 2 is 2.19 bits per heavy atom. The average molecular weight is 238 g/mol. The van der Waals surface area contributed by atoms with Crippen LogP contribution in [0.5, 0.6) is 5.75 Å². The van der Waals surface area contributed by atoms with Crippen molar-refractivity contribution < 1.29 is 9.90 Å². The number of rotatable bonds is 2. The third-order valence-electron chi connectivity index (χ3n) is 2.10. The summed E-state index contributed by atoms with van der Waals surface area (Å²) in [4.78, 5) is 11.8. The third kappa shape index (κ3) is 1.77. The summed E-state index contributed by atoms with van der Waals surface area (Å²) in [6.45, 7) is 1.73. The van der Waals surface area contributed by atoms with E-state index in [-0.39, 0.29) is 11.3 Å². The number of aldehydes is 1. The number of aromatic nitrogens is 3. The molecule has 1 N–H and O–H groups in total. The Hall–Kier alpha value is -1.88. The fraction of sp³-hybridized carbons (Fsp3) is 0.100. The molecule has 0 atom stereocenters. The number of phenolic OH excluding ortho intramolecular Hbond substituents is 1. The van der Waals surface area contributed by atoms with Gasteiger partial charge >= 0.3 is 0 Å². The van der Waals surface area contributed by atoms with Gasteiger partial charge in [-0.25, -0.2) is 0 Å². The van der Waals surface area contributed by atoms with Gasteiger partial charge in [0.1, 0.15) is 5.75 Å². The van der Waals surface area contributed by atoms with Gasteiger partial charge in [0.25, 0.3) is 0 Å². The van der Waals surface area contributed by atoms with Gasteiger partial charge in [0.15, 0.2) is 11.4 Å². The fourth-order valence-corrected chi connectivity index (χ4v) is 1.34. The van der Waals surface area contributed by atoms with Crippen molar-refractivity contribution in [3.63, 3.8) is 0 Å². The normalized spacial score (nSPS) is 10.4. The van der Waals surface area contributed by atoms with E-state index < -0.39 is 0 Å². The topological polar surface area (TPSA) is 68.0 Å². The second-order valence-electron chi connectivity index (χ2n) is 3.23. The Balaban J connectivity index is 2.48. The number of hydrogen-bond donors (Lipinski definition) is 1. The zero-order valence-electron chi connectivity index (χ0n) is 8.38. The number of phenols is 1. The molecule has 1 heterocycles. The second kappa shape index (κ2) is 3.94. The van der Waals surface area contributed by atoms with Crippen LogP contribution in [0.4, 0.5) is 0 Å². The first-order valence-corrected chi connectivity index (χ1v) is 4.87. The monoisotopic (exact) mass is 237 g/mol. The van der Waals surface area contributed by atoms with E-state index in [1.165, 1.54) is 16.9 Å². The number of halogens is 1. The van der Waals surface area contributed by atoms with E-state index in [4.69, 9.17) is 11.6 Å². The fourth-order valence-electron chi connectivity index (χ4n) is 1.23. The van der Waals surface area contributed by atoms with Crippen molar-refractivity contribution in [1.29, 1.82) is 0 Å². The Kier molecular flexibility index (Phi) is 2.62. The predicted molar refractivity (Wildman–Crippen MR) is 58.2 cm³/mol. The molecule has 0 radical (unpaired) electrons. The maximum Gasteiger partial charge on any atom is 0.174 e. The van der Waals surface area contributed by atoms with Gasteiger partial charge in [0.05, 0.1) is 16.9 Å². The molecule has 0 saturated carbocycles. The summed E-state index contributed by atoms with van der Waals surface area (Å²) < 4.78 is 0. The van der Waals surface area contributed by atoms with Gasteiger partial charge in [-0.2, -0.15) is 5.10 Å². The summed E-state index contributed by atoms with van der Waals surface area (Å²) in [7, 11) is 0. The van der Waals surface area contributed by atoms with Crippen LogP contribution in [0.1, 0.15) is 16.1 Å². The number of carbonyl (C=O) groups excluding carboxylic acids is 1. The van der Waals surface area contributed by atoms with Crippen LogP contribution in [-0.2, 0) is 0 Å². The first kappa shape index (κ1) is 10.6. The molecule has 1 aromatic heterocycles. The number of aryl methyl sites for hydroxylation is 1. The van der Waals surface area contributed by atoms with E-state index in [0.717, 1.165) is 0 Å². The van der Waals surface area contributed by atoms with E-state index in [2.05, 4.69) is 10.2 Å². The number of benzene rings is 1. The average Bonchev–Trinajstić information content (AvgIpc) is 2.59. The SMILES string of the molecule is Cc1nn(-c2ccc(C=O)c(O)c2)nc1Cl. The van der Waals surface area contributed by atoms with Gasteiger partial charge < -0.3 is 5.11 Å². The number of hydrogen-bond acceptors (Lipinski definition) is 4. The Labute approximate surface area is 96.3 Å². The first-order chi connectivity index (χ1) is 7.61. The molecule has 0 spiro atoms. The highest BCUT2D eigenvalue weighted by Crippen LogP contribution is 2.20. The van der Waals surface area contributed by atoms with Gasteiger partial charge in [-0.1, -0.05) is 11.6 Å². The maximum absolute atomic E-state index is 10.5. The zero-order chi connectivity index (χ0) is 11.7. The predicted octanol–water partition coefficient (Wildman–Crippen LogP) is 1.75. The van der Waals surface area contributed by atoms with Crippen molar-refractivity contribution >= 4 is 17.9 Å². The molecule has 0 aliphatic carbocycles. The summed E-state index contributed by atoms with van der Waals surface area (Å²) in [6.07, 6.45) is 0.577. The molecular weight excluding hydrogens is 230 g/mol. The van der Waals surface area contributed by atoms with E-state index in [1.807, 2.05) is 0 Å². The largest absolute Gasteiger partial charge is 0.507 e. The molecule has 0 bridgehead atoms. The van der Waals surface area contributed by atoms with E-state index >= 15 is 0 Å². The summed E-state index contributed by atoms with van der Waals surface area (Å²) in [5, 5.41) is 17.8. The molecule has 2 aromatic rings. The number of nitrogens with zero attached hydrogens (tertiary/aromatic N) is 3. The van der Waals surface area contributed by atoms with Crippen molar-refractivity contribution in [2.24, 2.45) is 0 Å². The standard InChI is InChI=1S/C10H8ClN3O2/c1-6-10(11)13-14(12-6)8-3-2-7(5-15)9(16)4-8/h2-5,16H,1H3. The molecule has 0 unspecified atom stereocenters. The minimum Gasteiger partial charge on any atom is -0.507 e. The molecule has 1 aromatic carbocycles. The molecular formula is C10H8ClN3O2. The summed E-state index contributed by atoms with van der Waals surface area (Å²) >= 11 is 5.76. The zero-order valence-corrected chi connectivity index (χ0v) is 9.14. The minimum atomic E-state index is -0.112. The molecule has 2 rings (SSSR count). The Bertz CT molecular complexity index is 531. The molecule has 0 fully saturated rings. The van der Waals surface area contributed by atoms with Crippen LogP contribution in [-0.4, -0.2) is 26.4 Å². The molecule has 0 amide bonds. The molecule has 0 aliphatic rings. The summed E-state index contributed by atoms with van der Waals surface area (Å²) in [5.74, 6) is -0.112. The quantitative estimate of drug-likeness (QED) is 0.808. The molecule has 0 aliphatic heterocycles. The highest BCUT2D eigenvalue weighted by Gasteiger charge is 2.08. The van der Waals surface area contributed by atoms with Crippen molar-refractivity contribution in [1.82, 2.24) is 15.0 Å². The second-order valence-corrected chi connectivity index (χ2v) is 3.58.